The van der Waals surface area contributed by atoms with Crippen molar-refractivity contribution in [2.45, 2.75) is 32.0 Å². The van der Waals surface area contributed by atoms with E-state index < -0.39 is 5.97 Å². The largest absolute Gasteiger partial charge is 0.481 e. The van der Waals surface area contributed by atoms with Gasteiger partial charge in [0.25, 0.3) is 0 Å². The number of halogens is 1. The molecule has 0 aromatic heterocycles. The minimum atomic E-state index is -0.851. The molecule has 0 heterocycles. The third kappa shape index (κ3) is 5.77. The van der Waals surface area contributed by atoms with Gasteiger partial charge >= 0.3 is 5.97 Å². The fourth-order valence-corrected chi connectivity index (χ4v) is 4.39. The SMILES string of the molecule is C[C@H](c1ccccc1)N(Cc1ccccc1)C(CC(=O)O)c1cccc(-c2ccc(F)cc2)c1. The smallest absolute Gasteiger partial charge is 0.305 e. The van der Waals surface area contributed by atoms with Crippen molar-refractivity contribution in [3.05, 3.63) is 132 Å². The summed E-state index contributed by atoms with van der Waals surface area (Å²) in [5, 5.41) is 9.86. The Morgan fingerprint density at radius 3 is 2.06 bits per heavy atom. The summed E-state index contributed by atoms with van der Waals surface area (Å²) in [6, 6.07) is 34.2. The minimum Gasteiger partial charge on any atom is -0.481 e. The third-order valence-corrected chi connectivity index (χ3v) is 6.20. The molecule has 0 radical (unpaired) electrons. The van der Waals surface area contributed by atoms with Gasteiger partial charge < -0.3 is 5.11 Å². The van der Waals surface area contributed by atoms with Crippen LogP contribution in [0, 0.1) is 5.82 Å². The molecule has 0 aliphatic rings. The first kappa shape index (κ1) is 23.4. The number of carbonyl (C=O) groups is 1. The van der Waals surface area contributed by atoms with E-state index in [1.165, 1.54) is 12.1 Å². The maximum Gasteiger partial charge on any atom is 0.305 e. The zero-order chi connectivity index (χ0) is 23.9. The summed E-state index contributed by atoms with van der Waals surface area (Å²) in [5.41, 5.74) is 4.99. The van der Waals surface area contributed by atoms with Crippen LogP contribution in [0.4, 0.5) is 4.39 Å². The Kier molecular flexibility index (Phi) is 7.51. The van der Waals surface area contributed by atoms with Crippen LogP contribution in [0.3, 0.4) is 0 Å². The Bertz CT molecular complexity index is 1210. The van der Waals surface area contributed by atoms with Gasteiger partial charge in [-0.05, 0) is 52.9 Å². The number of benzene rings is 4. The van der Waals surface area contributed by atoms with E-state index in [1.807, 2.05) is 60.7 Å². The molecule has 4 aromatic rings. The van der Waals surface area contributed by atoms with Gasteiger partial charge in [-0.2, -0.15) is 0 Å². The molecule has 0 bridgehead atoms. The standard InChI is InChI=1S/C30H28FNO2/c1-22(24-11-6-3-7-12-24)32(21-23-9-4-2-5-10-23)29(20-30(33)34)27-14-8-13-26(19-27)25-15-17-28(31)18-16-25/h2-19,22,29H,20-21H2,1H3,(H,33,34)/t22-,29?/m1/s1. The van der Waals surface area contributed by atoms with E-state index in [0.717, 1.165) is 27.8 Å². The van der Waals surface area contributed by atoms with Crippen molar-refractivity contribution in [2.24, 2.45) is 0 Å². The van der Waals surface area contributed by atoms with E-state index >= 15 is 0 Å². The molecule has 0 saturated heterocycles. The van der Waals surface area contributed by atoms with Crippen LogP contribution in [0.5, 0.6) is 0 Å². The zero-order valence-electron chi connectivity index (χ0n) is 19.1. The van der Waals surface area contributed by atoms with Crippen molar-refractivity contribution in [1.29, 1.82) is 0 Å². The number of carboxylic acid groups (broad SMARTS) is 1. The monoisotopic (exact) mass is 453 g/mol. The van der Waals surface area contributed by atoms with E-state index in [0.29, 0.717) is 6.54 Å². The van der Waals surface area contributed by atoms with Crippen LogP contribution in [0.15, 0.2) is 109 Å². The highest BCUT2D eigenvalue weighted by Crippen LogP contribution is 2.36. The minimum absolute atomic E-state index is 0.0137. The highest BCUT2D eigenvalue weighted by molar-refractivity contribution is 5.69. The highest BCUT2D eigenvalue weighted by Gasteiger charge is 2.28. The summed E-state index contributed by atoms with van der Waals surface area (Å²) < 4.78 is 13.4. The molecule has 0 saturated carbocycles. The van der Waals surface area contributed by atoms with Crippen molar-refractivity contribution >= 4 is 5.97 Å². The lowest BCUT2D eigenvalue weighted by Gasteiger charge is -2.37. The Balaban J connectivity index is 1.77. The van der Waals surface area contributed by atoms with Gasteiger partial charge in [0, 0.05) is 18.6 Å². The molecule has 172 valence electrons. The van der Waals surface area contributed by atoms with Crippen LogP contribution in [0.25, 0.3) is 11.1 Å². The lowest BCUT2D eigenvalue weighted by Crippen LogP contribution is -2.32. The lowest BCUT2D eigenvalue weighted by atomic mass is 9.94. The fraction of sp³-hybridized carbons (Fsp3) is 0.167. The summed E-state index contributed by atoms with van der Waals surface area (Å²) in [5.74, 6) is -1.13. The van der Waals surface area contributed by atoms with E-state index in [9.17, 15) is 14.3 Å². The zero-order valence-corrected chi connectivity index (χ0v) is 19.1. The Morgan fingerprint density at radius 2 is 1.41 bits per heavy atom. The maximum atomic E-state index is 13.4. The van der Waals surface area contributed by atoms with Crippen molar-refractivity contribution in [1.82, 2.24) is 4.90 Å². The maximum absolute atomic E-state index is 13.4. The third-order valence-electron chi connectivity index (χ3n) is 6.20. The number of carboxylic acids is 1. The Labute approximate surface area is 200 Å². The molecule has 1 N–H and O–H groups in total. The van der Waals surface area contributed by atoms with Crippen LogP contribution in [0.2, 0.25) is 0 Å². The van der Waals surface area contributed by atoms with E-state index in [4.69, 9.17) is 0 Å². The predicted octanol–water partition coefficient (Wildman–Crippen LogP) is 7.27. The van der Waals surface area contributed by atoms with Crippen LogP contribution in [0.1, 0.15) is 42.1 Å². The summed E-state index contributed by atoms with van der Waals surface area (Å²) in [6.45, 7) is 2.73. The van der Waals surface area contributed by atoms with Gasteiger partial charge in [-0.25, -0.2) is 4.39 Å². The molecule has 34 heavy (non-hydrogen) atoms. The van der Waals surface area contributed by atoms with Gasteiger partial charge in [0.05, 0.1) is 6.42 Å². The van der Waals surface area contributed by atoms with Gasteiger partial charge in [0.2, 0.25) is 0 Å². The number of nitrogens with zero attached hydrogens (tertiary/aromatic N) is 1. The summed E-state index contributed by atoms with van der Waals surface area (Å²) in [7, 11) is 0. The molecule has 2 atom stereocenters. The van der Waals surface area contributed by atoms with Crippen LogP contribution < -0.4 is 0 Å². The second-order valence-electron chi connectivity index (χ2n) is 8.49. The Morgan fingerprint density at radius 1 is 0.794 bits per heavy atom. The normalized spacial score (nSPS) is 12.9. The van der Waals surface area contributed by atoms with E-state index in [1.54, 1.807) is 12.1 Å². The van der Waals surface area contributed by atoms with Gasteiger partial charge in [-0.3, -0.25) is 9.69 Å². The molecule has 0 aliphatic carbocycles. The molecule has 0 aliphatic heterocycles. The van der Waals surface area contributed by atoms with E-state index in [-0.39, 0.29) is 24.3 Å². The first-order valence-electron chi connectivity index (χ1n) is 11.4. The number of aliphatic carboxylic acids is 1. The average molecular weight is 454 g/mol. The number of rotatable bonds is 9. The predicted molar refractivity (Wildman–Crippen MR) is 134 cm³/mol. The molecular formula is C30H28FNO2. The fourth-order valence-electron chi connectivity index (χ4n) is 4.39. The number of hydrogen-bond donors (Lipinski definition) is 1. The van der Waals surface area contributed by atoms with Crippen LogP contribution >= 0.6 is 0 Å². The van der Waals surface area contributed by atoms with Gasteiger partial charge in [-0.15, -0.1) is 0 Å². The van der Waals surface area contributed by atoms with Gasteiger partial charge in [0.15, 0.2) is 0 Å². The molecule has 3 nitrogen and oxygen atoms in total. The van der Waals surface area contributed by atoms with Crippen molar-refractivity contribution in [2.75, 3.05) is 0 Å². The second kappa shape index (κ2) is 10.9. The van der Waals surface area contributed by atoms with E-state index in [2.05, 4.69) is 36.1 Å². The molecule has 0 spiro atoms. The summed E-state index contributed by atoms with van der Waals surface area (Å²) in [4.78, 5) is 14.3. The summed E-state index contributed by atoms with van der Waals surface area (Å²) in [6.07, 6.45) is -0.0309. The highest BCUT2D eigenvalue weighted by atomic mass is 19.1. The first-order valence-corrected chi connectivity index (χ1v) is 11.4. The van der Waals surface area contributed by atoms with Crippen LogP contribution in [-0.2, 0) is 11.3 Å². The van der Waals surface area contributed by atoms with Crippen molar-refractivity contribution in [3.8, 4) is 11.1 Å². The molecule has 0 fully saturated rings. The first-order chi connectivity index (χ1) is 16.5. The lowest BCUT2D eigenvalue weighted by molar-refractivity contribution is -0.138. The molecular weight excluding hydrogens is 425 g/mol. The molecule has 4 aromatic carbocycles. The molecule has 0 amide bonds. The topological polar surface area (TPSA) is 40.5 Å². The van der Waals surface area contributed by atoms with Crippen molar-refractivity contribution < 1.29 is 14.3 Å². The Hall–Kier alpha value is -3.76. The van der Waals surface area contributed by atoms with Gasteiger partial charge in [-0.1, -0.05) is 91.0 Å². The van der Waals surface area contributed by atoms with Crippen molar-refractivity contribution in [3.63, 3.8) is 0 Å². The average Bonchev–Trinajstić information content (AvgIpc) is 2.87. The quantitative estimate of drug-likeness (QED) is 0.290. The molecule has 1 unspecified atom stereocenters. The van der Waals surface area contributed by atoms with Gasteiger partial charge in [0.1, 0.15) is 5.82 Å². The number of hydrogen-bond acceptors (Lipinski definition) is 2. The van der Waals surface area contributed by atoms with Crippen LogP contribution in [-0.4, -0.2) is 16.0 Å². The summed E-state index contributed by atoms with van der Waals surface area (Å²) >= 11 is 0. The molecule has 4 rings (SSSR count). The molecule has 4 heteroatoms. The second-order valence-corrected chi connectivity index (χ2v) is 8.49.